The molecule has 3 nitrogen and oxygen atoms in total. The third-order valence-electron chi connectivity index (χ3n) is 3.59. The lowest BCUT2D eigenvalue weighted by atomic mass is 10.0. The number of ether oxygens (including phenoxy) is 2. The summed E-state index contributed by atoms with van der Waals surface area (Å²) >= 11 is 0. The van der Waals surface area contributed by atoms with Gasteiger partial charge in [0, 0.05) is 17.5 Å². The molecule has 0 aliphatic carbocycles. The average Bonchev–Trinajstić information content (AvgIpc) is 2.60. The number of hydrogen-bond donors (Lipinski definition) is 0. The van der Waals surface area contributed by atoms with Crippen LogP contribution in [0.2, 0.25) is 0 Å². The minimum absolute atomic E-state index is 0.307. The number of rotatable bonds is 2. The highest BCUT2D eigenvalue weighted by Crippen LogP contribution is 2.29. The Labute approximate surface area is 135 Å². The van der Waals surface area contributed by atoms with Gasteiger partial charge in [-0.1, -0.05) is 42.2 Å². The Kier molecular flexibility index (Phi) is 4.44. The maximum Gasteiger partial charge on any atom is 0.334 e. The number of esters is 1. The summed E-state index contributed by atoms with van der Waals surface area (Å²) in [7, 11) is 1.56. The van der Waals surface area contributed by atoms with Crippen LogP contribution in [0.5, 0.6) is 0 Å². The highest BCUT2D eigenvalue weighted by molar-refractivity contribution is 5.83. The van der Waals surface area contributed by atoms with Gasteiger partial charge in [-0.05, 0) is 29.8 Å². The largest absolute Gasteiger partial charge is 0.501 e. The van der Waals surface area contributed by atoms with Crippen LogP contribution in [0, 0.1) is 11.8 Å². The molecule has 0 saturated heterocycles. The van der Waals surface area contributed by atoms with E-state index in [0.717, 1.165) is 16.7 Å². The Hall–Kier alpha value is -2.99. The maximum atomic E-state index is 11.5. The van der Waals surface area contributed by atoms with Crippen molar-refractivity contribution < 1.29 is 14.3 Å². The van der Waals surface area contributed by atoms with Crippen molar-refractivity contribution in [3.05, 3.63) is 83.1 Å². The zero-order valence-corrected chi connectivity index (χ0v) is 12.8. The van der Waals surface area contributed by atoms with Gasteiger partial charge in [0.05, 0.1) is 13.2 Å². The van der Waals surface area contributed by atoms with E-state index in [1.807, 2.05) is 54.6 Å². The van der Waals surface area contributed by atoms with Crippen LogP contribution >= 0.6 is 0 Å². The van der Waals surface area contributed by atoms with Gasteiger partial charge in [-0.3, -0.25) is 0 Å². The quantitative estimate of drug-likeness (QED) is 0.628. The number of hydrogen-bond acceptors (Lipinski definition) is 3. The van der Waals surface area contributed by atoms with Crippen molar-refractivity contribution in [1.29, 1.82) is 0 Å². The van der Waals surface area contributed by atoms with E-state index >= 15 is 0 Å². The van der Waals surface area contributed by atoms with Gasteiger partial charge in [0.2, 0.25) is 0 Å². The van der Waals surface area contributed by atoms with Gasteiger partial charge in [-0.15, -0.1) is 0 Å². The van der Waals surface area contributed by atoms with Gasteiger partial charge in [0.1, 0.15) is 11.9 Å². The summed E-state index contributed by atoms with van der Waals surface area (Å²) in [5.74, 6) is 6.51. The summed E-state index contributed by atoms with van der Waals surface area (Å²) in [6.45, 7) is 0. The Morgan fingerprint density at radius 1 is 1.00 bits per heavy atom. The monoisotopic (exact) mass is 304 g/mol. The summed E-state index contributed by atoms with van der Waals surface area (Å²) in [5, 5.41) is 0. The maximum absolute atomic E-state index is 11.5. The highest BCUT2D eigenvalue weighted by atomic mass is 16.5. The Morgan fingerprint density at radius 2 is 1.65 bits per heavy atom. The van der Waals surface area contributed by atoms with E-state index in [1.165, 1.54) is 6.08 Å². The van der Waals surface area contributed by atoms with Crippen molar-refractivity contribution in [1.82, 2.24) is 0 Å². The van der Waals surface area contributed by atoms with Gasteiger partial charge in [0.25, 0.3) is 0 Å². The van der Waals surface area contributed by atoms with Crippen molar-refractivity contribution in [2.75, 3.05) is 7.11 Å². The molecule has 1 heterocycles. The van der Waals surface area contributed by atoms with Crippen molar-refractivity contribution in [2.24, 2.45) is 0 Å². The summed E-state index contributed by atoms with van der Waals surface area (Å²) in [6.07, 6.45) is 1.63. The first-order valence-corrected chi connectivity index (χ1v) is 7.37. The lowest BCUT2D eigenvalue weighted by Gasteiger charge is -2.22. The zero-order valence-electron chi connectivity index (χ0n) is 12.8. The molecule has 0 fully saturated rings. The Bertz CT molecular complexity index is 777. The summed E-state index contributed by atoms with van der Waals surface area (Å²) in [6, 6.07) is 17.6. The van der Waals surface area contributed by atoms with E-state index in [0.29, 0.717) is 12.2 Å². The lowest BCUT2D eigenvalue weighted by Crippen LogP contribution is -2.16. The fourth-order valence-corrected chi connectivity index (χ4v) is 2.36. The topological polar surface area (TPSA) is 35.5 Å². The molecule has 0 amide bonds. The highest BCUT2D eigenvalue weighted by Gasteiger charge is 2.23. The molecule has 0 N–H and O–H groups in total. The van der Waals surface area contributed by atoms with E-state index < -0.39 is 0 Å². The van der Waals surface area contributed by atoms with Gasteiger partial charge >= 0.3 is 5.97 Å². The molecular weight excluding hydrogens is 288 g/mol. The van der Waals surface area contributed by atoms with Crippen LogP contribution in [-0.2, 0) is 14.3 Å². The normalized spacial score (nSPS) is 16.7. The zero-order chi connectivity index (χ0) is 16.1. The van der Waals surface area contributed by atoms with Crippen molar-refractivity contribution in [2.45, 2.75) is 12.5 Å². The number of cyclic esters (lactones) is 1. The molecule has 23 heavy (non-hydrogen) atoms. The number of carbonyl (C=O) groups excluding carboxylic acids is 1. The van der Waals surface area contributed by atoms with Gasteiger partial charge in [0.15, 0.2) is 0 Å². The molecule has 2 aromatic carbocycles. The predicted octanol–water partition coefficient (Wildman–Crippen LogP) is 3.60. The predicted molar refractivity (Wildman–Crippen MR) is 87.4 cm³/mol. The van der Waals surface area contributed by atoms with Crippen LogP contribution < -0.4 is 0 Å². The first kappa shape index (κ1) is 14.9. The summed E-state index contributed by atoms with van der Waals surface area (Å²) in [4.78, 5) is 11.5. The molecular formula is C20H16O3. The van der Waals surface area contributed by atoms with Crippen LogP contribution in [0.4, 0.5) is 0 Å². The van der Waals surface area contributed by atoms with Crippen LogP contribution in [0.25, 0.3) is 0 Å². The smallest absolute Gasteiger partial charge is 0.334 e. The van der Waals surface area contributed by atoms with E-state index in [9.17, 15) is 4.79 Å². The van der Waals surface area contributed by atoms with Crippen LogP contribution in [0.1, 0.15) is 29.2 Å². The van der Waals surface area contributed by atoms with E-state index in [1.54, 1.807) is 7.11 Å². The lowest BCUT2D eigenvalue weighted by molar-refractivity contribution is -0.145. The molecule has 1 aliphatic rings. The second-order valence-electron chi connectivity index (χ2n) is 5.18. The van der Waals surface area contributed by atoms with Crippen molar-refractivity contribution in [3.8, 4) is 11.8 Å². The second-order valence-corrected chi connectivity index (χ2v) is 5.18. The number of benzene rings is 2. The average molecular weight is 304 g/mol. The molecule has 3 heteroatoms. The van der Waals surface area contributed by atoms with E-state index in [4.69, 9.17) is 9.47 Å². The summed E-state index contributed by atoms with van der Waals surface area (Å²) < 4.78 is 10.5. The SMILES string of the molecule is COC1=CC(=O)OC(c2ccc(C#Cc3ccccc3)cc2)C1. The second kappa shape index (κ2) is 6.85. The first-order chi connectivity index (χ1) is 11.2. The summed E-state index contributed by atoms with van der Waals surface area (Å²) in [5.41, 5.74) is 2.83. The van der Waals surface area contributed by atoms with Gasteiger partial charge in [-0.25, -0.2) is 4.79 Å². The molecule has 114 valence electrons. The molecule has 0 bridgehead atoms. The van der Waals surface area contributed by atoms with E-state index in [2.05, 4.69) is 11.8 Å². The minimum Gasteiger partial charge on any atom is -0.501 e. The molecule has 0 radical (unpaired) electrons. The fraction of sp³-hybridized carbons (Fsp3) is 0.150. The van der Waals surface area contributed by atoms with E-state index in [-0.39, 0.29) is 12.1 Å². The standard InChI is InChI=1S/C20H16O3/c1-22-18-13-19(23-20(21)14-18)17-11-9-16(10-12-17)8-7-15-5-3-2-4-6-15/h2-6,9-12,14,19H,13H2,1H3. The van der Waals surface area contributed by atoms with Crippen molar-refractivity contribution in [3.63, 3.8) is 0 Å². The minimum atomic E-state index is -0.369. The van der Waals surface area contributed by atoms with Crippen molar-refractivity contribution >= 4 is 5.97 Å². The molecule has 0 saturated carbocycles. The molecule has 3 rings (SSSR count). The fourth-order valence-electron chi connectivity index (χ4n) is 2.36. The Balaban J connectivity index is 1.74. The van der Waals surface area contributed by atoms with Crippen LogP contribution in [-0.4, -0.2) is 13.1 Å². The van der Waals surface area contributed by atoms with Gasteiger partial charge in [-0.2, -0.15) is 0 Å². The molecule has 1 unspecified atom stereocenters. The first-order valence-electron chi connectivity index (χ1n) is 7.37. The van der Waals surface area contributed by atoms with Crippen LogP contribution in [0.15, 0.2) is 66.4 Å². The van der Waals surface area contributed by atoms with Gasteiger partial charge < -0.3 is 9.47 Å². The molecule has 0 aromatic heterocycles. The Morgan fingerprint density at radius 3 is 2.30 bits per heavy atom. The molecule has 2 aromatic rings. The molecule has 1 atom stereocenters. The third kappa shape index (κ3) is 3.81. The molecule has 1 aliphatic heterocycles. The third-order valence-corrected chi connectivity index (χ3v) is 3.59. The van der Waals surface area contributed by atoms with Crippen LogP contribution in [0.3, 0.4) is 0 Å². The number of methoxy groups -OCH3 is 1. The number of carbonyl (C=O) groups is 1. The molecule has 0 spiro atoms.